The first-order chi connectivity index (χ1) is 17.3. The highest BCUT2D eigenvalue weighted by Gasteiger charge is 2.42. The Bertz CT molecular complexity index is 1380. The van der Waals surface area contributed by atoms with Gasteiger partial charge in [-0.2, -0.15) is 0 Å². The van der Waals surface area contributed by atoms with E-state index in [4.69, 9.17) is 28.9 Å². The number of carbonyl (C=O) groups excluding carboxylic acids is 3. The smallest absolute Gasteiger partial charge is 0.253 e. The average Bonchev–Trinajstić information content (AvgIpc) is 3.22. The van der Waals surface area contributed by atoms with E-state index in [2.05, 4.69) is 12.1 Å². The number of likely N-dealkylation sites (tertiary alicyclic amines) is 1. The van der Waals surface area contributed by atoms with Crippen LogP contribution in [0.1, 0.15) is 55.0 Å². The van der Waals surface area contributed by atoms with Crippen molar-refractivity contribution in [3.05, 3.63) is 98.5 Å². The van der Waals surface area contributed by atoms with E-state index in [9.17, 15) is 14.4 Å². The first-order valence-corrected chi connectivity index (χ1v) is 13.4. The molecular formula is C28H24Cl2N2O3S. The van der Waals surface area contributed by atoms with Crippen molar-refractivity contribution in [2.24, 2.45) is 5.73 Å². The molecule has 2 aliphatic heterocycles. The Morgan fingerprint density at radius 1 is 0.917 bits per heavy atom. The van der Waals surface area contributed by atoms with Crippen LogP contribution in [0.25, 0.3) is 0 Å². The highest BCUT2D eigenvalue weighted by molar-refractivity contribution is 7.99. The van der Waals surface area contributed by atoms with E-state index in [1.807, 2.05) is 22.7 Å². The third-order valence-corrected chi connectivity index (χ3v) is 9.25. The van der Waals surface area contributed by atoms with Crippen molar-refractivity contribution in [3.8, 4) is 0 Å². The Morgan fingerprint density at radius 2 is 1.64 bits per heavy atom. The van der Waals surface area contributed by atoms with Gasteiger partial charge in [-0.1, -0.05) is 53.5 Å². The second kappa shape index (κ2) is 9.92. The minimum atomic E-state index is -0.606. The first kappa shape index (κ1) is 24.9. The highest BCUT2D eigenvalue weighted by atomic mass is 35.5. The van der Waals surface area contributed by atoms with Crippen LogP contribution in [0.2, 0.25) is 10.0 Å². The van der Waals surface area contributed by atoms with Gasteiger partial charge >= 0.3 is 0 Å². The van der Waals surface area contributed by atoms with E-state index in [0.29, 0.717) is 34.3 Å². The van der Waals surface area contributed by atoms with Gasteiger partial charge in [-0.05, 0) is 54.3 Å². The summed E-state index contributed by atoms with van der Waals surface area (Å²) in [6, 6.07) is 17.9. The van der Waals surface area contributed by atoms with Crippen LogP contribution in [0.15, 0.2) is 65.6 Å². The zero-order chi connectivity index (χ0) is 25.4. The number of nitrogens with zero attached hydrogens (tertiary/aromatic N) is 1. The summed E-state index contributed by atoms with van der Waals surface area (Å²) in [6.45, 7) is 1.29. The van der Waals surface area contributed by atoms with Crippen LogP contribution in [0.3, 0.4) is 0 Å². The van der Waals surface area contributed by atoms with Crippen molar-refractivity contribution < 1.29 is 14.4 Å². The third-order valence-electron chi connectivity index (χ3n) is 7.15. The van der Waals surface area contributed by atoms with Gasteiger partial charge in [0.25, 0.3) is 5.91 Å². The summed E-state index contributed by atoms with van der Waals surface area (Å²) >= 11 is 13.9. The minimum Gasteiger partial charge on any atom is -0.366 e. The van der Waals surface area contributed by atoms with Crippen LogP contribution in [0.4, 0.5) is 0 Å². The zero-order valence-corrected chi connectivity index (χ0v) is 21.8. The molecule has 184 valence electrons. The standard InChI is InChI=1S/C28H24Cl2N2O3S/c29-22-7-6-18(15-23(22)30)27(35)32-11-9-28(10-12-32)16-36-25-8-5-17(13-21(25)28)14-24(33)19-3-1-2-4-20(19)26(31)34/h1-8,13,15H,9-12,14,16H2,(H2,31,34). The molecule has 1 saturated heterocycles. The van der Waals surface area contributed by atoms with E-state index in [1.165, 1.54) is 10.5 Å². The summed E-state index contributed by atoms with van der Waals surface area (Å²) in [6.07, 6.45) is 1.89. The Kier molecular flexibility index (Phi) is 6.86. The van der Waals surface area contributed by atoms with Gasteiger partial charge in [0.05, 0.1) is 10.0 Å². The minimum absolute atomic E-state index is 0.0292. The van der Waals surface area contributed by atoms with Gasteiger partial charge in [0.15, 0.2) is 5.78 Å². The highest BCUT2D eigenvalue weighted by Crippen LogP contribution is 2.50. The number of ketones is 1. The molecule has 1 fully saturated rings. The second-order valence-electron chi connectivity index (χ2n) is 9.33. The summed E-state index contributed by atoms with van der Waals surface area (Å²) < 4.78 is 0. The molecule has 0 aromatic heterocycles. The molecule has 2 N–H and O–H groups in total. The van der Waals surface area contributed by atoms with Crippen molar-refractivity contribution in [1.29, 1.82) is 0 Å². The van der Waals surface area contributed by atoms with Gasteiger partial charge in [0, 0.05) is 52.3 Å². The monoisotopic (exact) mass is 538 g/mol. The van der Waals surface area contributed by atoms with Crippen LogP contribution in [0.5, 0.6) is 0 Å². The Labute approximate surface area is 223 Å². The third kappa shape index (κ3) is 4.65. The van der Waals surface area contributed by atoms with Gasteiger partial charge < -0.3 is 10.6 Å². The van der Waals surface area contributed by atoms with Crippen LogP contribution in [0, 0.1) is 0 Å². The second-order valence-corrected chi connectivity index (χ2v) is 11.2. The lowest BCUT2D eigenvalue weighted by molar-refractivity contribution is 0.0678. The number of piperidine rings is 1. The van der Waals surface area contributed by atoms with Crippen molar-refractivity contribution in [2.45, 2.75) is 29.6 Å². The number of hydrogen-bond donors (Lipinski definition) is 1. The summed E-state index contributed by atoms with van der Waals surface area (Å²) in [5.74, 6) is 0.178. The normalized spacial score (nSPS) is 16.1. The fourth-order valence-corrected chi connectivity index (χ4v) is 6.88. The van der Waals surface area contributed by atoms with E-state index in [-0.39, 0.29) is 29.1 Å². The molecule has 36 heavy (non-hydrogen) atoms. The number of hydrogen-bond acceptors (Lipinski definition) is 4. The van der Waals surface area contributed by atoms with Gasteiger partial charge in [-0.25, -0.2) is 0 Å². The molecule has 8 heteroatoms. The molecule has 0 saturated carbocycles. The maximum Gasteiger partial charge on any atom is 0.253 e. The Morgan fingerprint density at radius 3 is 2.33 bits per heavy atom. The number of halogens is 2. The molecule has 5 nitrogen and oxygen atoms in total. The molecule has 3 aromatic rings. The van der Waals surface area contributed by atoms with Gasteiger partial charge in [0.1, 0.15) is 0 Å². The lowest BCUT2D eigenvalue weighted by Crippen LogP contribution is -2.45. The number of amides is 2. The van der Waals surface area contributed by atoms with Gasteiger partial charge in [-0.3, -0.25) is 14.4 Å². The molecule has 0 radical (unpaired) electrons. The van der Waals surface area contributed by atoms with E-state index in [0.717, 1.165) is 24.2 Å². The van der Waals surface area contributed by atoms with Crippen molar-refractivity contribution in [1.82, 2.24) is 4.90 Å². The summed E-state index contributed by atoms with van der Waals surface area (Å²) in [4.78, 5) is 40.9. The number of rotatable bonds is 5. The number of Topliss-reactive ketones (excluding diaryl/α,β-unsaturated/α-hetero) is 1. The summed E-state index contributed by atoms with van der Waals surface area (Å²) in [7, 11) is 0. The maximum atomic E-state index is 13.0. The maximum absolute atomic E-state index is 13.0. The number of fused-ring (bicyclic) bond motifs is 2. The fraction of sp³-hybridized carbons (Fsp3) is 0.250. The topological polar surface area (TPSA) is 80.5 Å². The van der Waals surface area contributed by atoms with Crippen LogP contribution in [-0.2, 0) is 11.8 Å². The predicted octanol–water partition coefficient (Wildman–Crippen LogP) is 5.80. The molecule has 0 atom stereocenters. The Balaban J connectivity index is 1.32. The van der Waals surface area contributed by atoms with E-state index in [1.54, 1.807) is 42.5 Å². The fourth-order valence-electron chi connectivity index (χ4n) is 5.11. The number of thioether (sulfide) groups is 1. The van der Waals surface area contributed by atoms with Crippen molar-refractivity contribution in [3.63, 3.8) is 0 Å². The van der Waals surface area contributed by atoms with Gasteiger partial charge in [0.2, 0.25) is 5.91 Å². The van der Waals surface area contributed by atoms with Crippen LogP contribution >= 0.6 is 35.0 Å². The van der Waals surface area contributed by atoms with Crippen LogP contribution in [-0.4, -0.2) is 41.3 Å². The quantitative estimate of drug-likeness (QED) is 0.416. The number of nitrogens with two attached hydrogens (primary N) is 1. The number of primary amides is 1. The Hall–Kier alpha value is -2.80. The molecular weight excluding hydrogens is 515 g/mol. The molecule has 2 aliphatic rings. The molecule has 0 aliphatic carbocycles. The number of carbonyl (C=O) groups is 3. The lowest BCUT2D eigenvalue weighted by Gasteiger charge is -2.40. The van der Waals surface area contributed by atoms with Crippen molar-refractivity contribution in [2.75, 3.05) is 18.8 Å². The molecule has 0 bridgehead atoms. The SMILES string of the molecule is NC(=O)c1ccccc1C(=O)Cc1ccc2c(c1)C1(CCN(C(=O)c3ccc(Cl)c(Cl)c3)CC1)CS2. The summed E-state index contributed by atoms with van der Waals surface area (Å²) in [5.41, 5.74) is 8.73. The summed E-state index contributed by atoms with van der Waals surface area (Å²) in [5, 5.41) is 0.801. The van der Waals surface area contributed by atoms with E-state index < -0.39 is 5.91 Å². The lowest BCUT2D eigenvalue weighted by atomic mass is 9.74. The molecule has 3 aromatic carbocycles. The molecule has 1 spiro atoms. The average molecular weight is 539 g/mol. The molecule has 0 unspecified atom stereocenters. The van der Waals surface area contributed by atoms with Crippen LogP contribution < -0.4 is 5.73 Å². The van der Waals surface area contributed by atoms with Crippen molar-refractivity contribution >= 4 is 52.6 Å². The molecule has 2 amide bonds. The predicted molar refractivity (Wildman–Crippen MR) is 143 cm³/mol. The zero-order valence-electron chi connectivity index (χ0n) is 19.4. The largest absolute Gasteiger partial charge is 0.366 e. The first-order valence-electron chi connectivity index (χ1n) is 11.7. The molecule has 2 heterocycles. The van der Waals surface area contributed by atoms with E-state index >= 15 is 0 Å². The molecule has 5 rings (SSSR count). The van der Waals surface area contributed by atoms with Gasteiger partial charge in [-0.15, -0.1) is 11.8 Å². The number of benzene rings is 3.